The molecule has 6 nitrogen and oxygen atoms in total. The van der Waals surface area contributed by atoms with Crippen LogP contribution in [0.3, 0.4) is 0 Å². The zero-order valence-corrected chi connectivity index (χ0v) is 18.1. The summed E-state index contributed by atoms with van der Waals surface area (Å²) in [5.74, 6) is 1.86. The van der Waals surface area contributed by atoms with Crippen LogP contribution in [0, 0.1) is 12.8 Å². The maximum atomic E-state index is 11.2. The van der Waals surface area contributed by atoms with Crippen molar-refractivity contribution in [1.29, 1.82) is 0 Å². The molecule has 0 spiro atoms. The van der Waals surface area contributed by atoms with Crippen molar-refractivity contribution in [2.75, 3.05) is 32.8 Å². The highest BCUT2D eigenvalue weighted by Crippen LogP contribution is 2.19. The number of ether oxygens (including phenoxy) is 1. The molecule has 2 rings (SSSR count). The van der Waals surface area contributed by atoms with Gasteiger partial charge in [-0.2, -0.15) is 0 Å². The van der Waals surface area contributed by atoms with Gasteiger partial charge < -0.3 is 20.7 Å². The number of carbonyl (C=O) groups excluding carboxylic acids is 1. The molecule has 0 radical (unpaired) electrons. The number of piperidine rings is 1. The third kappa shape index (κ3) is 7.80. The van der Waals surface area contributed by atoms with Crippen molar-refractivity contribution in [2.24, 2.45) is 16.6 Å². The first-order valence-corrected chi connectivity index (χ1v) is 9.09. The van der Waals surface area contributed by atoms with Gasteiger partial charge in [0.1, 0.15) is 12.4 Å². The third-order valence-electron chi connectivity index (χ3n) is 4.25. The second-order valence-electron chi connectivity index (χ2n) is 6.53. The number of aliphatic imine (C=N–C) groups is 1. The maximum Gasteiger partial charge on any atom is 0.217 e. The number of nitrogens with zero attached hydrogens (tertiary/aromatic N) is 2. The largest absolute Gasteiger partial charge is 0.492 e. The van der Waals surface area contributed by atoms with Crippen LogP contribution in [-0.4, -0.2) is 49.6 Å². The number of nitrogens with one attached hydrogen (secondary N) is 1. The Labute approximate surface area is 173 Å². The fraction of sp³-hybridized carbons (Fsp3) is 0.579. The topological polar surface area (TPSA) is 80.0 Å². The van der Waals surface area contributed by atoms with E-state index in [2.05, 4.69) is 22.1 Å². The molecule has 0 aromatic heterocycles. The molecule has 1 aromatic carbocycles. The third-order valence-corrected chi connectivity index (χ3v) is 4.25. The number of rotatable bonds is 7. The van der Waals surface area contributed by atoms with Crippen LogP contribution in [0.15, 0.2) is 29.3 Å². The average Bonchev–Trinajstić information content (AvgIpc) is 2.57. The first-order valence-electron chi connectivity index (χ1n) is 9.09. The second kappa shape index (κ2) is 12.0. The molecule has 1 unspecified atom stereocenters. The van der Waals surface area contributed by atoms with Gasteiger partial charge in [0.15, 0.2) is 5.96 Å². The fourth-order valence-electron chi connectivity index (χ4n) is 3.15. The summed E-state index contributed by atoms with van der Waals surface area (Å²) in [4.78, 5) is 18.1. The van der Waals surface area contributed by atoms with E-state index in [1.54, 1.807) is 0 Å². The summed E-state index contributed by atoms with van der Waals surface area (Å²) < 4.78 is 5.76. The Hall–Kier alpha value is -1.51. The van der Waals surface area contributed by atoms with Gasteiger partial charge in [-0.05, 0) is 50.3 Å². The number of carbonyl (C=O) groups is 1. The van der Waals surface area contributed by atoms with Gasteiger partial charge in [0.2, 0.25) is 5.91 Å². The molecule has 3 N–H and O–H groups in total. The van der Waals surface area contributed by atoms with Crippen LogP contribution < -0.4 is 15.8 Å². The lowest BCUT2D eigenvalue weighted by Crippen LogP contribution is -2.47. The van der Waals surface area contributed by atoms with Gasteiger partial charge in [0, 0.05) is 26.1 Å². The minimum Gasteiger partial charge on any atom is -0.492 e. The van der Waals surface area contributed by atoms with Crippen LogP contribution >= 0.6 is 24.0 Å². The standard InChI is InChI=1S/C19H30N4O2.HI/c1-3-21-19(23-10-5-7-16(14-23)13-18(20)24)22-9-11-25-17-8-4-6-15(2)12-17;/h4,6,8,12,16H,3,5,7,9-11,13-14H2,1-2H3,(H2,20,24)(H,21,22);1H. The van der Waals surface area contributed by atoms with Crippen molar-refractivity contribution in [3.63, 3.8) is 0 Å². The van der Waals surface area contributed by atoms with Crippen molar-refractivity contribution >= 4 is 35.8 Å². The summed E-state index contributed by atoms with van der Waals surface area (Å²) in [5.41, 5.74) is 6.53. The lowest BCUT2D eigenvalue weighted by atomic mass is 9.95. The van der Waals surface area contributed by atoms with Crippen LogP contribution in [0.2, 0.25) is 0 Å². The molecule has 1 heterocycles. The van der Waals surface area contributed by atoms with Gasteiger partial charge in [0.05, 0.1) is 6.54 Å². The Morgan fingerprint density at radius 2 is 2.27 bits per heavy atom. The number of nitrogens with two attached hydrogens (primary N) is 1. The predicted octanol–water partition coefficient (Wildman–Crippen LogP) is 2.54. The van der Waals surface area contributed by atoms with E-state index in [0.29, 0.717) is 25.5 Å². The Balaban J connectivity index is 0.00000338. The van der Waals surface area contributed by atoms with Crippen LogP contribution in [0.4, 0.5) is 0 Å². The van der Waals surface area contributed by atoms with E-state index in [-0.39, 0.29) is 29.9 Å². The van der Waals surface area contributed by atoms with E-state index in [0.717, 1.165) is 44.2 Å². The molecule has 1 amide bonds. The zero-order chi connectivity index (χ0) is 18.1. The van der Waals surface area contributed by atoms with Crippen molar-refractivity contribution in [1.82, 2.24) is 10.2 Å². The second-order valence-corrected chi connectivity index (χ2v) is 6.53. The highest BCUT2D eigenvalue weighted by molar-refractivity contribution is 14.0. The number of hydrogen-bond acceptors (Lipinski definition) is 3. The molecule has 1 fully saturated rings. The smallest absolute Gasteiger partial charge is 0.217 e. The maximum absolute atomic E-state index is 11.2. The van der Waals surface area contributed by atoms with E-state index < -0.39 is 0 Å². The molecule has 0 bridgehead atoms. The minimum atomic E-state index is -0.222. The quantitative estimate of drug-likeness (QED) is 0.276. The van der Waals surface area contributed by atoms with Gasteiger partial charge in [-0.1, -0.05) is 12.1 Å². The van der Waals surface area contributed by atoms with Crippen LogP contribution in [0.25, 0.3) is 0 Å². The van der Waals surface area contributed by atoms with Crippen LogP contribution in [0.5, 0.6) is 5.75 Å². The highest BCUT2D eigenvalue weighted by Gasteiger charge is 2.23. The van der Waals surface area contributed by atoms with Gasteiger partial charge in [-0.3, -0.25) is 4.79 Å². The molecular formula is C19H31IN4O2. The number of aryl methyl sites for hydroxylation is 1. The number of benzene rings is 1. The van der Waals surface area contributed by atoms with Crippen molar-refractivity contribution in [3.8, 4) is 5.75 Å². The molecule has 0 saturated carbocycles. The molecule has 1 aliphatic heterocycles. The van der Waals surface area contributed by atoms with Gasteiger partial charge in [0.25, 0.3) is 0 Å². The van der Waals surface area contributed by atoms with E-state index in [4.69, 9.17) is 10.5 Å². The summed E-state index contributed by atoms with van der Waals surface area (Å²) in [6, 6.07) is 8.02. The van der Waals surface area contributed by atoms with Crippen molar-refractivity contribution < 1.29 is 9.53 Å². The fourth-order valence-corrected chi connectivity index (χ4v) is 3.15. The number of guanidine groups is 1. The van der Waals surface area contributed by atoms with E-state index >= 15 is 0 Å². The Morgan fingerprint density at radius 1 is 1.46 bits per heavy atom. The van der Waals surface area contributed by atoms with Crippen molar-refractivity contribution in [2.45, 2.75) is 33.1 Å². The lowest BCUT2D eigenvalue weighted by molar-refractivity contribution is -0.119. The first-order chi connectivity index (χ1) is 12.1. The summed E-state index contributed by atoms with van der Waals surface area (Å²) in [6.07, 6.45) is 2.56. The Bertz CT molecular complexity index is 595. The normalized spacial score (nSPS) is 17.4. The molecule has 1 atom stereocenters. The number of likely N-dealkylation sites (tertiary alicyclic amines) is 1. The Kier molecular flexibility index (Phi) is 10.4. The molecule has 7 heteroatoms. The van der Waals surface area contributed by atoms with Crippen LogP contribution in [-0.2, 0) is 4.79 Å². The monoisotopic (exact) mass is 474 g/mol. The molecule has 1 aliphatic rings. The Morgan fingerprint density at radius 3 is 2.96 bits per heavy atom. The summed E-state index contributed by atoms with van der Waals surface area (Å²) >= 11 is 0. The molecular weight excluding hydrogens is 443 g/mol. The summed E-state index contributed by atoms with van der Waals surface area (Å²) in [7, 11) is 0. The van der Waals surface area contributed by atoms with E-state index in [1.165, 1.54) is 5.56 Å². The lowest BCUT2D eigenvalue weighted by Gasteiger charge is -2.34. The molecule has 146 valence electrons. The zero-order valence-electron chi connectivity index (χ0n) is 15.7. The molecule has 26 heavy (non-hydrogen) atoms. The molecule has 1 aromatic rings. The van der Waals surface area contributed by atoms with Gasteiger partial charge in [-0.15, -0.1) is 24.0 Å². The number of halogens is 1. The van der Waals surface area contributed by atoms with E-state index in [9.17, 15) is 4.79 Å². The van der Waals surface area contributed by atoms with Crippen LogP contribution in [0.1, 0.15) is 31.7 Å². The number of amides is 1. The van der Waals surface area contributed by atoms with Gasteiger partial charge >= 0.3 is 0 Å². The average molecular weight is 474 g/mol. The number of hydrogen-bond donors (Lipinski definition) is 2. The first kappa shape index (κ1) is 22.5. The molecule has 0 aliphatic carbocycles. The highest BCUT2D eigenvalue weighted by atomic mass is 127. The molecule has 1 saturated heterocycles. The van der Waals surface area contributed by atoms with Gasteiger partial charge in [-0.25, -0.2) is 4.99 Å². The van der Waals surface area contributed by atoms with E-state index in [1.807, 2.05) is 31.2 Å². The summed E-state index contributed by atoms with van der Waals surface area (Å²) in [6.45, 7) is 7.84. The van der Waals surface area contributed by atoms with Crippen molar-refractivity contribution in [3.05, 3.63) is 29.8 Å². The predicted molar refractivity (Wildman–Crippen MR) is 116 cm³/mol. The minimum absolute atomic E-state index is 0. The summed E-state index contributed by atoms with van der Waals surface area (Å²) in [5, 5.41) is 3.34. The SMILES string of the molecule is CCNC(=NCCOc1cccc(C)c1)N1CCCC(CC(N)=O)C1.I. The number of primary amides is 1.